The van der Waals surface area contributed by atoms with E-state index in [-0.39, 0.29) is 18.6 Å². The zero-order valence-electron chi connectivity index (χ0n) is 14.4. The molecule has 3 aromatic heterocycles. The van der Waals surface area contributed by atoms with E-state index in [2.05, 4.69) is 10.1 Å². The predicted octanol–water partition coefficient (Wildman–Crippen LogP) is 2.94. The normalized spacial score (nSPS) is 11.0. The molecule has 0 saturated heterocycles. The minimum absolute atomic E-state index is 0.0240. The van der Waals surface area contributed by atoms with Crippen LogP contribution in [-0.2, 0) is 29.6 Å². The number of hydrogen-bond donors (Lipinski definition) is 0. The topological polar surface area (TPSA) is 87.2 Å². The highest BCUT2D eigenvalue weighted by Gasteiger charge is 2.14. The first-order valence-electron chi connectivity index (χ1n) is 8.20. The van der Waals surface area contributed by atoms with Crippen molar-refractivity contribution in [2.24, 2.45) is 7.05 Å². The van der Waals surface area contributed by atoms with Crippen LogP contribution in [0.15, 0.2) is 57.3 Å². The van der Waals surface area contributed by atoms with Gasteiger partial charge in [-0.25, -0.2) is 9.67 Å². The summed E-state index contributed by atoms with van der Waals surface area (Å²) in [6.07, 6.45) is 1.56. The van der Waals surface area contributed by atoms with Gasteiger partial charge in [-0.3, -0.25) is 9.59 Å². The first-order valence-corrected chi connectivity index (χ1v) is 9.08. The van der Waals surface area contributed by atoms with Crippen LogP contribution in [0.5, 0.6) is 0 Å². The summed E-state index contributed by atoms with van der Waals surface area (Å²) in [6, 6.07) is 10.7. The van der Waals surface area contributed by atoms with Crippen LogP contribution in [0.3, 0.4) is 0 Å². The average molecular weight is 381 g/mol. The van der Waals surface area contributed by atoms with E-state index in [0.717, 1.165) is 5.01 Å². The van der Waals surface area contributed by atoms with Crippen LogP contribution in [0.4, 0.5) is 0 Å². The number of carbonyl (C=O) groups is 1. The molecule has 4 rings (SSSR count). The summed E-state index contributed by atoms with van der Waals surface area (Å²) < 4.78 is 11.9. The minimum atomic E-state index is -0.432. The van der Waals surface area contributed by atoms with Crippen molar-refractivity contribution in [2.75, 3.05) is 0 Å². The van der Waals surface area contributed by atoms with Crippen molar-refractivity contribution in [3.8, 4) is 10.8 Å². The van der Waals surface area contributed by atoms with Crippen molar-refractivity contribution in [2.45, 2.75) is 13.0 Å². The van der Waals surface area contributed by atoms with Gasteiger partial charge in [0.05, 0.1) is 29.5 Å². The van der Waals surface area contributed by atoms with Crippen molar-refractivity contribution in [3.05, 3.63) is 69.8 Å². The summed E-state index contributed by atoms with van der Waals surface area (Å²) >= 11 is 1.42. The van der Waals surface area contributed by atoms with Gasteiger partial charge in [0, 0.05) is 17.8 Å². The molecule has 0 unspecified atom stereocenters. The standard InChI is InChI=1S/C19H15N3O4S/c1-22-19(24)14-6-3-2-5-13(14)15(21-22)9-17(23)26-10-12-11-27-18(20-12)16-7-4-8-25-16/h2-8,11H,9-10H2,1H3. The molecule has 3 heterocycles. The maximum absolute atomic E-state index is 12.3. The van der Waals surface area contributed by atoms with E-state index in [0.29, 0.717) is 27.9 Å². The molecular weight excluding hydrogens is 366 g/mol. The van der Waals surface area contributed by atoms with Crippen LogP contribution in [-0.4, -0.2) is 20.7 Å². The summed E-state index contributed by atoms with van der Waals surface area (Å²) in [6.45, 7) is 0.0692. The fourth-order valence-electron chi connectivity index (χ4n) is 2.74. The molecule has 0 radical (unpaired) electrons. The number of rotatable bonds is 5. The zero-order valence-corrected chi connectivity index (χ0v) is 15.2. The lowest BCUT2D eigenvalue weighted by Crippen LogP contribution is -2.22. The smallest absolute Gasteiger partial charge is 0.312 e. The Labute approximate surface area is 157 Å². The zero-order chi connectivity index (χ0) is 18.8. The number of aryl methyl sites for hydroxylation is 1. The summed E-state index contributed by atoms with van der Waals surface area (Å²) in [5, 5.41) is 7.96. The Kier molecular flexibility index (Phi) is 4.55. The molecule has 7 nitrogen and oxygen atoms in total. The number of thiazole rings is 1. The second-order valence-corrected chi connectivity index (χ2v) is 6.74. The fourth-order valence-corrected chi connectivity index (χ4v) is 3.51. The molecule has 136 valence electrons. The third kappa shape index (κ3) is 3.52. The second-order valence-electron chi connectivity index (χ2n) is 5.88. The lowest BCUT2D eigenvalue weighted by molar-refractivity contribution is -0.144. The van der Waals surface area contributed by atoms with Gasteiger partial charge in [-0.1, -0.05) is 18.2 Å². The van der Waals surface area contributed by atoms with Crippen LogP contribution in [0, 0.1) is 0 Å². The van der Waals surface area contributed by atoms with Crippen LogP contribution in [0.1, 0.15) is 11.4 Å². The first-order chi connectivity index (χ1) is 13.1. The minimum Gasteiger partial charge on any atom is -0.462 e. The Balaban J connectivity index is 1.47. The van der Waals surface area contributed by atoms with E-state index in [1.165, 1.54) is 16.0 Å². The molecule has 1 aromatic carbocycles. The molecule has 0 N–H and O–H groups in total. The van der Waals surface area contributed by atoms with Gasteiger partial charge in [0.15, 0.2) is 10.8 Å². The number of benzene rings is 1. The maximum Gasteiger partial charge on any atom is 0.312 e. The third-order valence-electron chi connectivity index (χ3n) is 4.01. The summed E-state index contributed by atoms with van der Waals surface area (Å²) in [5.74, 6) is 0.247. The molecule has 0 aliphatic carbocycles. The first kappa shape index (κ1) is 17.2. The molecule has 0 bridgehead atoms. The van der Waals surface area contributed by atoms with Crippen molar-refractivity contribution < 1.29 is 13.9 Å². The Morgan fingerprint density at radius 1 is 1.22 bits per heavy atom. The number of hydrogen-bond acceptors (Lipinski definition) is 7. The van der Waals surface area contributed by atoms with Gasteiger partial charge in [0.2, 0.25) is 0 Å². The van der Waals surface area contributed by atoms with Crippen LogP contribution >= 0.6 is 11.3 Å². The highest BCUT2D eigenvalue weighted by molar-refractivity contribution is 7.13. The van der Waals surface area contributed by atoms with Gasteiger partial charge in [0.1, 0.15) is 6.61 Å². The number of carbonyl (C=O) groups excluding carboxylic acids is 1. The van der Waals surface area contributed by atoms with Gasteiger partial charge in [-0.2, -0.15) is 5.10 Å². The van der Waals surface area contributed by atoms with Crippen molar-refractivity contribution in [1.82, 2.24) is 14.8 Å². The number of esters is 1. The Bertz CT molecular complexity index is 1160. The van der Waals surface area contributed by atoms with Crippen molar-refractivity contribution in [1.29, 1.82) is 0 Å². The molecule has 0 spiro atoms. The molecule has 4 aromatic rings. The molecule has 27 heavy (non-hydrogen) atoms. The molecule has 0 amide bonds. The van der Waals surface area contributed by atoms with Crippen molar-refractivity contribution in [3.63, 3.8) is 0 Å². The number of aromatic nitrogens is 3. The van der Waals surface area contributed by atoms with Crippen molar-refractivity contribution >= 4 is 28.1 Å². The van der Waals surface area contributed by atoms with Gasteiger partial charge < -0.3 is 9.15 Å². The van der Waals surface area contributed by atoms with E-state index in [9.17, 15) is 9.59 Å². The summed E-state index contributed by atoms with van der Waals surface area (Å²) in [4.78, 5) is 28.8. The van der Waals surface area contributed by atoms with Crippen LogP contribution < -0.4 is 5.56 Å². The number of ether oxygens (including phenoxy) is 1. The molecule has 0 fully saturated rings. The van der Waals surface area contributed by atoms with E-state index < -0.39 is 5.97 Å². The third-order valence-corrected chi connectivity index (χ3v) is 4.92. The highest BCUT2D eigenvalue weighted by atomic mass is 32.1. The molecule has 8 heteroatoms. The molecule has 0 saturated carbocycles. The van der Waals surface area contributed by atoms with E-state index in [1.54, 1.807) is 37.6 Å². The van der Waals surface area contributed by atoms with Crippen LogP contribution in [0.25, 0.3) is 21.5 Å². The Morgan fingerprint density at radius 3 is 2.81 bits per heavy atom. The monoisotopic (exact) mass is 381 g/mol. The highest BCUT2D eigenvalue weighted by Crippen LogP contribution is 2.24. The molecular formula is C19H15N3O4S. The average Bonchev–Trinajstić information content (AvgIpc) is 3.36. The van der Waals surface area contributed by atoms with Crippen LogP contribution in [0.2, 0.25) is 0 Å². The summed E-state index contributed by atoms with van der Waals surface area (Å²) in [5.41, 5.74) is 0.959. The molecule has 0 atom stereocenters. The van der Waals surface area contributed by atoms with E-state index in [1.807, 2.05) is 17.5 Å². The fraction of sp³-hybridized carbons (Fsp3) is 0.158. The lowest BCUT2D eigenvalue weighted by atomic mass is 10.1. The van der Waals surface area contributed by atoms with Gasteiger partial charge in [-0.15, -0.1) is 11.3 Å². The quantitative estimate of drug-likeness (QED) is 0.494. The number of nitrogens with zero attached hydrogens (tertiary/aromatic N) is 3. The molecule has 0 aliphatic heterocycles. The number of furan rings is 1. The lowest BCUT2D eigenvalue weighted by Gasteiger charge is -2.08. The summed E-state index contributed by atoms with van der Waals surface area (Å²) in [7, 11) is 1.56. The predicted molar refractivity (Wildman–Crippen MR) is 100 cm³/mol. The molecule has 0 aliphatic rings. The Morgan fingerprint density at radius 2 is 2.04 bits per heavy atom. The van der Waals surface area contributed by atoms with Gasteiger partial charge in [-0.05, 0) is 18.2 Å². The van der Waals surface area contributed by atoms with E-state index in [4.69, 9.17) is 9.15 Å². The van der Waals surface area contributed by atoms with E-state index >= 15 is 0 Å². The Hall–Kier alpha value is -3.26. The second kappa shape index (κ2) is 7.16. The van der Waals surface area contributed by atoms with Gasteiger partial charge in [0.25, 0.3) is 5.56 Å². The van der Waals surface area contributed by atoms with Gasteiger partial charge >= 0.3 is 5.97 Å². The number of fused-ring (bicyclic) bond motifs is 1. The largest absolute Gasteiger partial charge is 0.462 e. The maximum atomic E-state index is 12.3. The SMILES string of the molecule is Cn1nc(CC(=O)OCc2csc(-c3ccco3)n2)c2ccccc2c1=O.